The Labute approximate surface area is 264 Å². The minimum absolute atomic E-state index is 0.0265. The molecule has 3 fully saturated rings. The molecule has 3 rings (SSSR count). The van der Waals surface area contributed by atoms with Crippen LogP contribution in [0.15, 0.2) is 0 Å². The minimum atomic E-state index is -0.701. The number of unbranched alkanes of at least 4 members (excludes halogenated alkanes) is 4. The molecule has 0 aromatic carbocycles. The summed E-state index contributed by atoms with van der Waals surface area (Å²) in [5.74, 6) is -0.236. The van der Waals surface area contributed by atoms with Crippen LogP contribution < -0.4 is 0 Å². The van der Waals surface area contributed by atoms with Crippen LogP contribution in [0.1, 0.15) is 105 Å². The summed E-state index contributed by atoms with van der Waals surface area (Å²) >= 11 is 0. The highest BCUT2D eigenvalue weighted by molar-refractivity contribution is 6.06. The third-order valence-corrected chi connectivity index (χ3v) is 8.95. The zero-order chi connectivity index (χ0) is 32.0. The molecule has 3 amide bonds. The lowest BCUT2D eigenvalue weighted by atomic mass is 9.77. The number of carbonyl (C=O) groups is 3. The van der Waals surface area contributed by atoms with Gasteiger partial charge in [0.15, 0.2) is 6.29 Å². The molecule has 0 aromatic heterocycles. The lowest BCUT2D eigenvalue weighted by Crippen LogP contribution is -2.62. The van der Waals surface area contributed by atoms with Crippen molar-refractivity contribution in [1.82, 2.24) is 9.80 Å². The van der Waals surface area contributed by atoms with Gasteiger partial charge in [0.2, 0.25) is 11.8 Å². The Morgan fingerprint density at radius 3 is 1.82 bits per heavy atom. The fourth-order valence-electron chi connectivity index (χ4n) is 6.08. The van der Waals surface area contributed by atoms with Gasteiger partial charge in [-0.15, -0.1) is 0 Å². The van der Waals surface area contributed by atoms with Crippen molar-refractivity contribution in [3.8, 4) is 0 Å². The average molecular weight is 627 g/mol. The molecule has 0 bridgehead atoms. The number of ether oxygens (including phenoxy) is 6. The maximum absolute atomic E-state index is 13.3. The Morgan fingerprint density at radius 1 is 0.773 bits per heavy atom. The third kappa shape index (κ3) is 9.61. The van der Waals surface area contributed by atoms with E-state index in [2.05, 4.69) is 27.7 Å². The van der Waals surface area contributed by atoms with Crippen molar-refractivity contribution >= 4 is 17.9 Å². The largest absolute Gasteiger partial charge is 0.447 e. The molecule has 0 N–H and O–H groups in total. The van der Waals surface area contributed by atoms with Crippen molar-refractivity contribution in [2.45, 2.75) is 136 Å². The predicted molar refractivity (Wildman–Crippen MR) is 165 cm³/mol. The van der Waals surface area contributed by atoms with Gasteiger partial charge >= 0.3 is 6.09 Å². The van der Waals surface area contributed by atoms with Crippen LogP contribution >= 0.6 is 0 Å². The van der Waals surface area contributed by atoms with Crippen LogP contribution in [0, 0.1) is 5.41 Å². The number of hydrogen-bond acceptors (Lipinski definition) is 9. The van der Waals surface area contributed by atoms with E-state index in [1.807, 2.05) is 6.92 Å². The van der Waals surface area contributed by atoms with Crippen LogP contribution in [0.5, 0.6) is 0 Å². The van der Waals surface area contributed by atoms with E-state index in [4.69, 9.17) is 28.4 Å². The summed E-state index contributed by atoms with van der Waals surface area (Å²) in [7, 11) is 0. The zero-order valence-electron chi connectivity index (χ0n) is 27.9. The summed E-state index contributed by atoms with van der Waals surface area (Å²) in [5, 5.41) is 0. The van der Waals surface area contributed by atoms with E-state index in [-0.39, 0.29) is 24.8 Å². The molecule has 254 valence electrons. The van der Waals surface area contributed by atoms with Gasteiger partial charge < -0.3 is 33.3 Å². The van der Waals surface area contributed by atoms with Gasteiger partial charge in [-0.2, -0.15) is 0 Å². The van der Waals surface area contributed by atoms with Crippen molar-refractivity contribution in [1.29, 1.82) is 0 Å². The van der Waals surface area contributed by atoms with E-state index in [0.717, 1.165) is 51.4 Å². The molecule has 0 aliphatic carbocycles. The van der Waals surface area contributed by atoms with Crippen LogP contribution in [0.3, 0.4) is 0 Å². The Bertz CT molecular complexity index is 879. The van der Waals surface area contributed by atoms with Gasteiger partial charge in [0.25, 0.3) is 0 Å². The Hall–Kier alpha value is -1.79. The molecule has 3 aliphatic rings. The lowest BCUT2D eigenvalue weighted by molar-refractivity contribution is -0.322. The van der Waals surface area contributed by atoms with Gasteiger partial charge in [-0.05, 0) is 45.4 Å². The van der Waals surface area contributed by atoms with Crippen molar-refractivity contribution < 1.29 is 42.8 Å². The minimum Gasteiger partial charge on any atom is -0.447 e. The zero-order valence-corrected chi connectivity index (χ0v) is 27.9. The highest BCUT2D eigenvalue weighted by atomic mass is 16.7. The van der Waals surface area contributed by atoms with Gasteiger partial charge in [-0.1, -0.05) is 53.4 Å². The molecule has 11 nitrogen and oxygen atoms in total. The van der Waals surface area contributed by atoms with Gasteiger partial charge in [-0.3, -0.25) is 14.5 Å². The average Bonchev–Trinajstić information content (AvgIpc) is 3.25. The SMILES string of the molecule is CCCCOC1[C@H](OCCCC)OC(COC(=O)N2CCC3(CC2)CC(=O)N(CC)C3=O)[C@@H](OCCCC)[C@@H]1OCCCC. The Balaban J connectivity index is 1.71. The van der Waals surface area contributed by atoms with E-state index in [1.54, 1.807) is 4.90 Å². The fourth-order valence-corrected chi connectivity index (χ4v) is 6.08. The first-order valence-corrected chi connectivity index (χ1v) is 17.2. The number of nitrogens with zero attached hydrogens (tertiary/aromatic N) is 2. The number of likely N-dealkylation sites (tertiary alicyclic amines) is 2. The van der Waals surface area contributed by atoms with Crippen molar-refractivity contribution in [3.63, 3.8) is 0 Å². The van der Waals surface area contributed by atoms with Gasteiger partial charge in [0.1, 0.15) is 31.0 Å². The monoisotopic (exact) mass is 626 g/mol. The first-order chi connectivity index (χ1) is 21.3. The van der Waals surface area contributed by atoms with Crippen LogP contribution in [-0.4, -0.2) is 111 Å². The number of imide groups is 1. The van der Waals surface area contributed by atoms with Gasteiger partial charge in [0, 0.05) is 52.5 Å². The first kappa shape index (κ1) is 36.7. The van der Waals surface area contributed by atoms with Crippen molar-refractivity contribution in [3.05, 3.63) is 0 Å². The molecular formula is C33H58N2O9. The maximum Gasteiger partial charge on any atom is 0.409 e. The maximum atomic E-state index is 13.3. The van der Waals surface area contributed by atoms with Crippen LogP contribution in [0.2, 0.25) is 0 Å². The van der Waals surface area contributed by atoms with Crippen molar-refractivity contribution in [2.75, 3.05) is 52.7 Å². The molecule has 44 heavy (non-hydrogen) atoms. The number of rotatable bonds is 19. The van der Waals surface area contributed by atoms with Crippen LogP contribution in [0.25, 0.3) is 0 Å². The molecule has 3 saturated heterocycles. The molecule has 0 radical (unpaired) electrons. The highest BCUT2D eigenvalue weighted by Crippen LogP contribution is 2.42. The summed E-state index contributed by atoms with van der Waals surface area (Å²) in [6.07, 6.45) is 5.50. The molecule has 1 spiro atoms. The Kier molecular flexibility index (Phi) is 15.8. The summed E-state index contributed by atoms with van der Waals surface area (Å²) in [6, 6.07) is 0. The van der Waals surface area contributed by atoms with E-state index in [0.29, 0.717) is 58.9 Å². The molecule has 3 heterocycles. The smallest absolute Gasteiger partial charge is 0.409 e. The second-order valence-corrected chi connectivity index (χ2v) is 12.3. The van der Waals surface area contributed by atoms with E-state index in [9.17, 15) is 14.4 Å². The number of hydrogen-bond donors (Lipinski definition) is 0. The third-order valence-electron chi connectivity index (χ3n) is 8.95. The van der Waals surface area contributed by atoms with E-state index in [1.165, 1.54) is 4.90 Å². The molecule has 5 atom stereocenters. The summed E-state index contributed by atoms with van der Waals surface area (Å²) in [6.45, 7) is 13.5. The van der Waals surface area contributed by atoms with Gasteiger partial charge in [0.05, 0.1) is 5.41 Å². The molecular weight excluding hydrogens is 568 g/mol. The number of amides is 3. The summed E-state index contributed by atoms with van der Waals surface area (Å²) in [4.78, 5) is 41.5. The number of piperidine rings is 1. The molecule has 0 saturated carbocycles. The highest BCUT2D eigenvalue weighted by Gasteiger charge is 2.53. The quantitative estimate of drug-likeness (QED) is 0.143. The van der Waals surface area contributed by atoms with Crippen molar-refractivity contribution in [2.24, 2.45) is 5.41 Å². The molecule has 2 unspecified atom stereocenters. The van der Waals surface area contributed by atoms with E-state index >= 15 is 0 Å². The standard InChI is InChI=1S/C33H58N2O9/c1-6-11-19-39-27-25(24-43-32(38)34-17-15-33(16-18-34)23-26(36)35(10-5)31(33)37)44-30(42-22-14-9-4)29(41-21-13-8-3)28(27)40-20-12-7-2/h25,27-30H,6-24H2,1-5H3/t25?,27-,28+,29?,30-/m1/s1. The summed E-state index contributed by atoms with van der Waals surface area (Å²) in [5.41, 5.74) is -0.701. The van der Waals surface area contributed by atoms with Crippen LogP contribution in [-0.2, 0) is 38.0 Å². The normalized spacial score (nSPS) is 27.0. The second-order valence-electron chi connectivity index (χ2n) is 12.3. The lowest BCUT2D eigenvalue weighted by Gasteiger charge is -2.46. The van der Waals surface area contributed by atoms with Gasteiger partial charge in [-0.25, -0.2) is 4.79 Å². The molecule has 0 aromatic rings. The molecule has 3 aliphatic heterocycles. The number of carbonyl (C=O) groups excluding carboxylic acids is 3. The topological polar surface area (TPSA) is 113 Å². The van der Waals surface area contributed by atoms with E-state index < -0.39 is 42.2 Å². The summed E-state index contributed by atoms with van der Waals surface area (Å²) < 4.78 is 37.8. The van der Waals surface area contributed by atoms with Crippen LogP contribution in [0.4, 0.5) is 4.79 Å². The Morgan fingerprint density at radius 2 is 1.30 bits per heavy atom. The first-order valence-electron chi connectivity index (χ1n) is 17.2. The predicted octanol–water partition coefficient (Wildman–Crippen LogP) is 5.08. The fraction of sp³-hybridized carbons (Fsp3) is 0.909. The second kappa shape index (κ2) is 19.0. The molecule has 11 heteroatoms.